The molecular weight excluding hydrogens is 288 g/mol. The Morgan fingerprint density at radius 1 is 1.48 bits per heavy atom. The SMILES string of the molecule is N#Cc1cccc(-n2c(SCC(=O)O)nnc2C2CC2)c1. The molecule has 1 aliphatic rings. The van der Waals surface area contributed by atoms with Crippen LogP contribution < -0.4 is 0 Å². The van der Waals surface area contributed by atoms with Crippen LogP contribution >= 0.6 is 11.8 Å². The summed E-state index contributed by atoms with van der Waals surface area (Å²) in [4.78, 5) is 10.8. The van der Waals surface area contributed by atoms with Gasteiger partial charge in [-0.25, -0.2) is 0 Å². The Hall–Kier alpha value is -2.33. The molecule has 1 N–H and O–H groups in total. The monoisotopic (exact) mass is 300 g/mol. The van der Waals surface area contributed by atoms with E-state index >= 15 is 0 Å². The lowest BCUT2D eigenvalue weighted by Crippen LogP contribution is -2.04. The number of carboxylic acid groups (broad SMARTS) is 1. The van der Waals surface area contributed by atoms with Crippen LogP contribution in [0.25, 0.3) is 5.69 Å². The molecule has 0 saturated heterocycles. The summed E-state index contributed by atoms with van der Waals surface area (Å²) in [5, 5.41) is 26.7. The molecule has 0 atom stereocenters. The fourth-order valence-corrected chi connectivity index (χ4v) is 2.74. The Balaban J connectivity index is 2.03. The number of thioether (sulfide) groups is 1. The number of benzene rings is 1. The molecule has 106 valence electrons. The molecule has 21 heavy (non-hydrogen) atoms. The maximum Gasteiger partial charge on any atom is 0.313 e. The molecule has 1 heterocycles. The zero-order valence-corrected chi connectivity index (χ0v) is 11.9. The van der Waals surface area contributed by atoms with Gasteiger partial charge in [0.1, 0.15) is 5.82 Å². The Bertz CT molecular complexity index is 731. The zero-order valence-electron chi connectivity index (χ0n) is 11.1. The Morgan fingerprint density at radius 3 is 2.95 bits per heavy atom. The first-order chi connectivity index (χ1) is 10.2. The van der Waals surface area contributed by atoms with E-state index in [9.17, 15) is 4.79 Å². The summed E-state index contributed by atoms with van der Waals surface area (Å²) in [6, 6.07) is 9.28. The van der Waals surface area contributed by atoms with Crippen LogP contribution in [0.15, 0.2) is 29.4 Å². The lowest BCUT2D eigenvalue weighted by molar-refractivity contribution is -0.133. The maximum atomic E-state index is 10.8. The van der Waals surface area contributed by atoms with E-state index in [4.69, 9.17) is 10.4 Å². The molecular formula is C14H12N4O2S. The molecule has 0 radical (unpaired) electrons. The summed E-state index contributed by atoms with van der Waals surface area (Å²) in [5.41, 5.74) is 1.35. The fraction of sp³-hybridized carbons (Fsp3) is 0.286. The number of aliphatic carboxylic acids is 1. The lowest BCUT2D eigenvalue weighted by atomic mass is 10.2. The summed E-state index contributed by atoms with van der Waals surface area (Å²) in [7, 11) is 0. The van der Waals surface area contributed by atoms with E-state index in [1.165, 1.54) is 0 Å². The van der Waals surface area contributed by atoms with Gasteiger partial charge in [-0.05, 0) is 31.0 Å². The minimum Gasteiger partial charge on any atom is -0.481 e. The van der Waals surface area contributed by atoms with Gasteiger partial charge >= 0.3 is 5.97 Å². The molecule has 1 aromatic heterocycles. The Morgan fingerprint density at radius 2 is 2.29 bits per heavy atom. The average Bonchev–Trinajstić information content (AvgIpc) is 3.25. The third-order valence-corrected chi connectivity index (χ3v) is 4.07. The molecule has 3 rings (SSSR count). The summed E-state index contributed by atoms with van der Waals surface area (Å²) in [6.45, 7) is 0. The van der Waals surface area contributed by atoms with Gasteiger partial charge in [-0.1, -0.05) is 17.8 Å². The molecule has 0 aliphatic heterocycles. The molecule has 0 bridgehead atoms. The van der Waals surface area contributed by atoms with Crippen molar-refractivity contribution in [3.8, 4) is 11.8 Å². The first kappa shape index (κ1) is 13.6. The van der Waals surface area contributed by atoms with Gasteiger partial charge in [0.25, 0.3) is 0 Å². The lowest BCUT2D eigenvalue weighted by Gasteiger charge is -2.09. The van der Waals surface area contributed by atoms with Gasteiger partial charge in [0.15, 0.2) is 5.16 Å². The van der Waals surface area contributed by atoms with E-state index in [0.717, 1.165) is 36.1 Å². The second-order valence-corrected chi connectivity index (χ2v) is 5.74. The number of carboxylic acids is 1. The quantitative estimate of drug-likeness (QED) is 0.851. The Kier molecular flexibility index (Phi) is 3.62. The largest absolute Gasteiger partial charge is 0.481 e. The van der Waals surface area contributed by atoms with Crippen molar-refractivity contribution in [3.63, 3.8) is 0 Å². The summed E-state index contributed by atoms with van der Waals surface area (Å²) < 4.78 is 1.87. The molecule has 1 aromatic carbocycles. The third kappa shape index (κ3) is 2.90. The molecule has 1 saturated carbocycles. The van der Waals surface area contributed by atoms with Crippen LogP contribution in [0.4, 0.5) is 0 Å². The molecule has 7 heteroatoms. The summed E-state index contributed by atoms with van der Waals surface area (Å²) in [6.07, 6.45) is 2.14. The highest BCUT2D eigenvalue weighted by Crippen LogP contribution is 2.41. The van der Waals surface area contributed by atoms with Crippen molar-refractivity contribution in [3.05, 3.63) is 35.7 Å². The smallest absolute Gasteiger partial charge is 0.313 e. The van der Waals surface area contributed by atoms with Crippen LogP contribution in [0.5, 0.6) is 0 Å². The van der Waals surface area contributed by atoms with Gasteiger partial charge in [-0.2, -0.15) is 5.26 Å². The van der Waals surface area contributed by atoms with E-state index in [1.807, 2.05) is 10.6 Å². The molecule has 0 spiro atoms. The maximum absolute atomic E-state index is 10.8. The van der Waals surface area contributed by atoms with Gasteiger partial charge in [0.2, 0.25) is 0 Å². The second kappa shape index (κ2) is 5.58. The van der Waals surface area contributed by atoms with Crippen LogP contribution in [-0.4, -0.2) is 31.6 Å². The number of carbonyl (C=O) groups is 1. The standard InChI is InChI=1S/C14H12N4O2S/c15-7-9-2-1-3-11(6-9)18-13(10-4-5-10)16-17-14(18)21-8-12(19)20/h1-3,6,10H,4-5,8H2,(H,19,20). The van der Waals surface area contributed by atoms with Crippen LogP contribution in [0.1, 0.15) is 30.1 Å². The van der Waals surface area contributed by atoms with Crippen molar-refractivity contribution in [1.82, 2.24) is 14.8 Å². The molecule has 1 aliphatic carbocycles. The average molecular weight is 300 g/mol. The van der Waals surface area contributed by atoms with Crippen molar-refractivity contribution in [2.75, 3.05) is 5.75 Å². The van der Waals surface area contributed by atoms with Gasteiger partial charge < -0.3 is 5.11 Å². The summed E-state index contributed by atoms with van der Waals surface area (Å²) in [5.74, 6) is 0.259. The molecule has 1 fully saturated rings. The second-order valence-electron chi connectivity index (χ2n) is 4.80. The molecule has 0 unspecified atom stereocenters. The first-order valence-electron chi connectivity index (χ1n) is 6.49. The fourth-order valence-electron chi connectivity index (χ4n) is 2.06. The highest BCUT2D eigenvalue weighted by molar-refractivity contribution is 7.99. The van der Waals surface area contributed by atoms with Gasteiger partial charge in [0.05, 0.1) is 23.1 Å². The number of nitriles is 1. The van der Waals surface area contributed by atoms with Gasteiger partial charge in [-0.3, -0.25) is 9.36 Å². The van der Waals surface area contributed by atoms with E-state index in [2.05, 4.69) is 16.3 Å². The van der Waals surface area contributed by atoms with E-state index < -0.39 is 5.97 Å². The Labute approximate surface area is 125 Å². The van der Waals surface area contributed by atoms with Crippen LogP contribution in [0.3, 0.4) is 0 Å². The number of aromatic nitrogens is 3. The topological polar surface area (TPSA) is 91.8 Å². The molecule has 6 nitrogen and oxygen atoms in total. The predicted molar refractivity (Wildman–Crippen MR) is 76.4 cm³/mol. The van der Waals surface area contributed by atoms with Crippen molar-refractivity contribution < 1.29 is 9.90 Å². The normalized spacial score (nSPS) is 13.9. The minimum absolute atomic E-state index is 0.0687. The summed E-state index contributed by atoms with van der Waals surface area (Å²) >= 11 is 1.14. The number of rotatable bonds is 5. The molecule has 0 amide bonds. The predicted octanol–water partition coefficient (Wildman–Crippen LogP) is 2.19. The number of hydrogen-bond donors (Lipinski definition) is 1. The van der Waals surface area contributed by atoms with Crippen molar-refractivity contribution in [1.29, 1.82) is 5.26 Å². The molecule has 2 aromatic rings. The first-order valence-corrected chi connectivity index (χ1v) is 7.48. The van der Waals surface area contributed by atoms with Crippen molar-refractivity contribution >= 4 is 17.7 Å². The highest BCUT2D eigenvalue weighted by atomic mass is 32.2. The van der Waals surface area contributed by atoms with Crippen molar-refractivity contribution in [2.45, 2.75) is 23.9 Å². The minimum atomic E-state index is -0.895. The van der Waals surface area contributed by atoms with Crippen molar-refractivity contribution in [2.24, 2.45) is 0 Å². The van der Waals surface area contributed by atoms with Gasteiger partial charge in [0, 0.05) is 5.92 Å². The van der Waals surface area contributed by atoms with Gasteiger partial charge in [-0.15, -0.1) is 10.2 Å². The number of nitrogens with zero attached hydrogens (tertiary/aromatic N) is 4. The van der Waals surface area contributed by atoms with Crippen LogP contribution in [0.2, 0.25) is 0 Å². The van der Waals surface area contributed by atoms with Crippen LogP contribution in [0, 0.1) is 11.3 Å². The van der Waals surface area contributed by atoms with E-state index in [0.29, 0.717) is 16.6 Å². The van der Waals surface area contributed by atoms with E-state index in [1.54, 1.807) is 18.2 Å². The van der Waals surface area contributed by atoms with E-state index in [-0.39, 0.29) is 5.75 Å². The third-order valence-electron chi connectivity index (χ3n) is 3.16. The highest BCUT2D eigenvalue weighted by Gasteiger charge is 2.31. The number of hydrogen-bond acceptors (Lipinski definition) is 5. The van der Waals surface area contributed by atoms with Crippen LogP contribution in [-0.2, 0) is 4.79 Å². The zero-order chi connectivity index (χ0) is 14.8.